The van der Waals surface area contributed by atoms with E-state index in [0.717, 1.165) is 0 Å². The average molecular weight is 255 g/mol. The lowest BCUT2D eigenvalue weighted by atomic mass is 10.3. The number of oxime groups is 1. The van der Waals surface area contributed by atoms with Crippen LogP contribution in [-0.2, 0) is 9.47 Å². The van der Waals surface area contributed by atoms with E-state index in [1.54, 1.807) is 19.2 Å². The monoisotopic (exact) mass is 255 g/mol. The number of methoxy groups -OCH3 is 1. The van der Waals surface area contributed by atoms with Crippen LogP contribution in [0.2, 0.25) is 0 Å². The highest BCUT2D eigenvalue weighted by atomic mass is 16.5. The highest BCUT2D eigenvalue weighted by Gasteiger charge is 2.00. The fourth-order valence-electron chi connectivity index (χ4n) is 1.12. The summed E-state index contributed by atoms with van der Waals surface area (Å²) in [5, 5.41) is 11.4. The zero-order valence-electron chi connectivity index (χ0n) is 10.2. The molecule has 18 heavy (non-hydrogen) atoms. The van der Waals surface area contributed by atoms with Gasteiger partial charge in [0.25, 0.3) is 0 Å². The third-order valence-corrected chi connectivity index (χ3v) is 2.05. The van der Waals surface area contributed by atoms with Gasteiger partial charge in [-0.1, -0.05) is 5.16 Å². The molecule has 0 aliphatic carbocycles. The molecule has 0 saturated carbocycles. The minimum atomic E-state index is 0.0111. The predicted molar refractivity (Wildman–Crippen MR) is 64.9 cm³/mol. The Morgan fingerprint density at radius 3 is 2.72 bits per heavy atom. The van der Waals surface area contributed by atoms with Gasteiger partial charge in [0.2, 0.25) is 5.88 Å². The SMILES string of the molecule is COCCOCCOc1ccc(/C(N)=N/O)cn1. The van der Waals surface area contributed by atoms with Gasteiger partial charge in [-0.2, -0.15) is 0 Å². The summed E-state index contributed by atoms with van der Waals surface area (Å²) in [5.41, 5.74) is 5.93. The molecule has 0 bridgehead atoms. The molecule has 1 rings (SSSR count). The molecule has 0 aliphatic rings. The maximum absolute atomic E-state index is 8.48. The van der Waals surface area contributed by atoms with Crippen LogP contribution < -0.4 is 10.5 Å². The van der Waals surface area contributed by atoms with E-state index in [1.807, 2.05) is 0 Å². The van der Waals surface area contributed by atoms with Gasteiger partial charge < -0.3 is 25.2 Å². The van der Waals surface area contributed by atoms with Crippen LogP contribution in [0.25, 0.3) is 0 Å². The Balaban J connectivity index is 2.27. The highest BCUT2D eigenvalue weighted by molar-refractivity contribution is 5.96. The molecule has 0 amide bonds. The van der Waals surface area contributed by atoms with Gasteiger partial charge >= 0.3 is 0 Å². The molecule has 3 N–H and O–H groups in total. The number of rotatable bonds is 8. The first-order valence-corrected chi connectivity index (χ1v) is 5.41. The van der Waals surface area contributed by atoms with E-state index in [4.69, 9.17) is 25.2 Å². The van der Waals surface area contributed by atoms with Crippen molar-refractivity contribution in [2.75, 3.05) is 33.5 Å². The van der Waals surface area contributed by atoms with Crippen LogP contribution >= 0.6 is 0 Å². The predicted octanol–water partition coefficient (Wildman–Crippen LogP) is 0.218. The van der Waals surface area contributed by atoms with Crippen molar-refractivity contribution in [2.24, 2.45) is 10.9 Å². The molecule has 0 radical (unpaired) electrons. The molecule has 0 fully saturated rings. The van der Waals surface area contributed by atoms with E-state index in [9.17, 15) is 0 Å². The Morgan fingerprint density at radius 2 is 2.11 bits per heavy atom. The minimum Gasteiger partial charge on any atom is -0.475 e. The fourth-order valence-corrected chi connectivity index (χ4v) is 1.12. The standard InChI is InChI=1S/C11H17N3O4/c1-16-4-5-17-6-7-18-10-3-2-9(8-13-10)11(12)14-15/h2-3,8,15H,4-7H2,1H3,(H2,12,14). The van der Waals surface area contributed by atoms with Crippen molar-refractivity contribution >= 4 is 5.84 Å². The molecule has 7 nitrogen and oxygen atoms in total. The summed E-state index contributed by atoms with van der Waals surface area (Å²) in [5.74, 6) is 0.469. The van der Waals surface area contributed by atoms with Crippen LogP contribution in [0.4, 0.5) is 0 Å². The van der Waals surface area contributed by atoms with E-state index >= 15 is 0 Å². The number of pyridine rings is 1. The van der Waals surface area contributed by atoms with Crippen LogP contribution in [0.1, 0.15) is 5.56 Å². The van der Waals surface area contributed by atoms with Crippen molar-refractivity contribution in [1.29, 1.82) is 0 Å². The molecule has 0 aliphatic heterocycles. The summed E-state index contributed by atoms with van der Waals surface area (Å²) < 4.78 is 15.4. The number of ether oxygens (including phenoxy) is 3. The average Bonchev–Trinajstić information content (AvgIpc) is 2.42. The van der Waals surface area contributed by atoms with Gasteiger partial charge in [0.1, 0.15) is 6.61 Å². The quantitative estimate of drug-likeness (QED) is 0.226. The van der Waals surface area contributed by atoms with E-state index in [-0.39, 0.29) is 5.84 Å². The van der Waals surface area contributed by atoms with Crippen LogP contribution in [0.15, 0.2) is 23.5 Å². The molecule has 0 saturated heterocycles. The van der Waals surface area contributed by atoms with E-state index in [2.05, 4.69) is 10.1 Å². The van der Waals surface area contributed by atoms with Gasteiger partial charge in [-0.05, 0) is 6.07 Å². The van der Waals surface area contributed by atoms with Gasteiger partial charge in [-0.3, -0.25) is 0 Å². The number of hydrogen-bond donors (Lipinski definition) is 2. The number of hydrogen-bond acceptors (Lipinski definition) is 6. The van der Waals surface area contributed by atoms with Gasteiger partial charge in [0.05, 0.1) is 19.8 Å². The third-order valence-electron chi connectivity index (χ3n) is 2.05. The lowest BCUT2D eigenvalue weighted by Gasteiger charge is -2.06. The van der Waals surface area contributed by atoms with E-state index in [0.29, 0.717) is 37.9 Å². The summed E-state index contributed by atoms with van der Waals surface area (Å²) in [7, 11) is 1.62. The fraction of sp³-hybridized carbons (Fsp3) is 0.455. The highest BCUT2D eigenvalue weighted by Crippen LogP contribution is 2.07. The van der Waals surface area contributed by atoms with Crippen molar-refractivity contribution in [3.8, 4) is 5.88 Å². The second-order valence-corrected chi connectivity index (χ2v) is 3.32. The molecule has 0 atom stereocenters. The largest absolute Gasteiger partial charge is 0.475 e. The number of aromatic nitrogens is 1. The molecular weight excluding hydrogens is 238 g/mol. The molecule has 100 valence electrons. The molecule has 0 aromatic carbocycles. The molecule has 0 spiro atoms. The topological polar surface area (TPSA) is 99.2 Å². The lowest BCUT2D eigenvalue weighted by molar-refractivity contribution is 0.0537. The van der Waals surface area contributed by atoms with Crippen molar-refractivity contribution in [3.63, 3.8) is 0 Å². The maximum Gasteiger partial charge on any atom is 0.213 e. The Morgan fingerprint density at radius 1 is 1.33 bits per heavy atom. The Kier molecular flexibility index (Phi) is 6.52. The first-order valence-electron chi connectivity index (χ1n) is 5.41. The van der Waals surface area contributed by atoms with Crippen LogP contribution in [0.5, 0.6) is 5.88 Å². The minimum absolute atomic E-state index is 0.0111. The summed E-state index contributed by atoms with van der Waals surface area (Å²) in [4.78, 5) is 4.01. The Labute approximate surface area is 105 Å². The summed E-state index contributed by atoms with van der Waals surface area (Å²) >= 11 is 0. The second-order valence-electron chi connectivity index (χ2n) is 3.32. The number of nitrogens with two attached hydrogens (primary N) is 1. The second kappa shape index (κ2) is 8.26. The first-order chi connectivity index (χ1) is 8.77. The summed E-state index contributed by atoms with van der Waals surface area (Å²) in [6, 6.07) is 3.30. The maximum atomic E-state index is 8.48. The third kappa shape index (κ3) is 4.98. The number of nitrogens with zero attached hydrogens (tertiary/aromatic N) is 2. The van der Waals surface area contributed by atoms with E-state index < -0.39 is 0 Å². The molecule has 1 aromatic rings. The smallest absolute Gasteiger partial charge is 0.213 e. The van der Waals surface area contributed by atoms with Crippen LogP contribution in [-0.4, -0.2) is 49.6 Å². The zero-order valence-corrected chi connectivity index (χ0v) is 10.2. The Bertz CT molecular complexity index is 367. The van der Waals surface area contributed by atoms with E-state index in [1.165, 1.54) is 6.20 Å². The van der Waals surface area contributed by atoms with Crippen LogP contribution in [0, 0.1) is 0 Å². The van der Waals surface area contributed by atoms with Crippen molar-refractivity contribution in [2.45, 2.75) is 0 Å². The van der Waals surface area contributed by atoms with Crippen molar-refractivity contribution in [1.82, 2.24) is 4.98 Å². The summed E-state index contributed by atoms with van der Waals surface area (Å²) in [6.07, 6.45) is 1.47. The summed E-state index contributed by atoms with van der Waals surface area (Å²) in [6.45, 7) is 1.97. The first kappa shape index (κ1) is 14.2. The molecule has 1 heterocycles. The zero-order chi connectivity index (χ0) is 13.2. The van der Waals surface area contributed by atoms with Gasteiger partial charge in [0, 0.05) is 24.9 Å². The molecular formula is C11H17N3O4. The van der Waals surface area contributed by atoms with Crippen LogP contribution in [0.3, 0.4) is 0 Å². The van der Waals surface area contributed by atoms with Gasteiger partial charge in [-0.25, -0.2) is 4.98 Å². The molecule has 1 aromatic heterocycles. The lowest BCUT2D eigenvalue weighted by Crippen LogP contribution is -2.14. The van der Waals surface area contributed by atoms with Gasteiger partial charge in [0.15, 0.2) is 5.84 Å². The van der Waals surface area contributed by atoms with Crippen molar-refractivity contribution in [3.05, 3.63) is 23.9 Å². The Hall–Kier alpha value is -1.86. The molecule has 7 heteroatoms. The van der Waals surface area contributed by atoms with Gasteiger partial charge in [-0.15, -0.1) is 0 Å². The normalized spacial score (nSPS) is 11.5. The molecule has 0 unspecified atom stereocenters. The number of amidine groups is 1. The van der Waals surface area contributed by atoms with Crippen molar-refractivity contribution < 1.29 is 19.4 Å².